The Bertz CT molecular complexity index is 780. The largest absolute Gasteiger partial charge is 0.323 e. The van der Waals surface area contributed by atoms with E-state index in [9.17, 15) is 4.39 Å². The Morgan fingerprint density at radius 2 is 1.95 bits per heavy atom. The molecule has 0 saturated carbocycles. The lowest BCUT2D eigenvalue weighted by Gasteiger charge is -2.11. The van der Waals surface area contributed by atoms with Gasteiger partial charge in [-0.3, -0.25) is 0 Å². The summed E-state index contributed by atoms with van der Waals surface area (Å²) in [6.45, 7) is 2.76. The molecule has 3 rings (SSSR count). The number of nitrogens with zero attached hydrogens (tertiary/aromatic N) is 2. The summed E-state index contributed by atoms with van der Waals surface area (Å²) in [6, 6.07) is 13.2. The zero-order valence-electron chi connectivity index (χ0n) is 11.8. The first-order chi connectivity index (χ1) is 10.2. The highest BCUT2D eigenvalue weighted by Crippen LogP contribution is 2.24. The van der Waals surface area contributed by atoms with Gasteiger partial charge in [-0.25, -0.2) is 9.37 Å². The number of fused-ring (bicyclic) bond motifs is 1. The van der Waals surface area contributed by atoms with Crippen molar-refractivity contribution in [3.63, 3.8) is 0 Å². The molecule has 1 heterocycles. The molecule has 2 nitrogen and oxygen atoms in total. The van der Waals surface area contributed by atoms with Crippen LogP contribution in [-0.4, -0.2) is 9.55 Å². The van der Waals surface area contributed by atoms with E-state index in [-0.39, 0.29) is 5.82 Å². The van der Waals surface area contributed by atoms with E-state index < -0.39 is 0 Å². The third-order valence-electron chi connectivity index (χ3n) is 3.57. The Labute approximate surface area is 131 Å². The molecule has 0 fully saturated rings. The van der Waals surface area contributed by atoms with E-state index in [0.29, 0.717) is 11.0 Å². The zero-order valence-corrected chi connectivity index (χ0v) is 13.4. The molecule has 0 bridgehead atoms. The van der Waals surface area contributed by atoms with Crippen molar-refractivity contribution >= 4 is 27.0 Å². The van der Waals surface area contributed by atoms with Gasteiger partial charge in [0.2, 0.25) is 0 Å². The number of rotatable bonds is 4. The smallest absolute Gasteiger partial charge is 0.137 e. The number of aryl methyl sites for hydroxylation is 1. The standard InChI is InChI=1S/C17H16BrFN2/c1-2-6-16-20-14-9-3-4-10-15(14)21(16)11-12-7-5-8-13(19)17(12)18/h3-5,7-10H,2,6,11H2,1H3. The molecule has 0 amide bonds. The van der Waals surface area contributed by atoms with Gasteiger partial charge in [0.05, 0.1) is 22.1 Å². The number of hydrogen-bond acceptors (Lipinski definition) is 1. The monoisotopic (exact) mass is 346 g/mol. The lowest BCUT2D eigenvalue weighted by atomic mass is 10.2. The van der Waals surface area contributed by atoms with Crippen molar-refractivity contribution in [2.75, 3.05) is 0 Å². The summed E-state index contributed by atoms with van der Waals surface area (Å²) in [7, 11) is 0. The molecular weight excluding hydrogens is 331 g/mol. The van der Waals surface area contributed by atoms with E-state index >= 15 is 0 Å². The van der Waals surface area contributed by atoms with E-state index in [1.807, 2.05) is 24.3 Å². The van der Waals surface area contributed by atoms with Crippen molar-refractivity contribution in [1.82, 2.24) is 9.55 Å². The van der Waals surface area contributed by atoms with E-state index in [1.165, 1.54) is 6.07 Å². The molecule has 4 heteroatoms. The minimum Gasteiger partial charge on any atom is -0.323 e. The number of imidazole rings is 1. The van der Waals surface area contributed by atoms with E-state index in [4.69, 9.17) is 4.98 Å². The predicted molar refractivity (Wildman–Crippen MR) is 86.9 cm³/mol. The van der Waals surface area contributed by atoms with Crippen molar-refractivity contribution in [3.8, 4) is 0 Å². The Morgan fingerprint density at radius 3 is 2.76 bits per heavy atom. The van der Waals surface area contributed by atoms with Crippen LogP contribution >= 0.6 is 15.9 Å². The highest BCUT2D eigenvalue weighted by Gasteiger charge is 2.12. The van der Waals surface area contributed by atoms with E-state index in [2.05, 4.69) is 33.5 Å². The van der Waals surface area contributed by atoms with Crippen LogP contribution in [0, 0.1) is 5.82 Å². The second kappa shape index (κ2) is 5.98. The summed E-state index contributed by atoms with van der Waals surface area (Å²) in [5, 5.41) is 0. The maximum Gasteiger partial charge on any atom is 0.137 e. The van der Waals surface area contributed by atoms with Crippen molar-refractivity contribution in [2.24, 2.45) is 0 Å². The molecule has 0 aliphatic carbocycles. The van der Waals surface area contributed by atoms with Crippen molar-refractivity contribution in [2.45, 2.75) is 26.3 Å². The molecule has 0 radical (unpaired) electrons. The Morgan fingerprint density at radius 1 is 1.14 bits per heavy atom. The Kier molecular flexibility index (Phi) is 4.06. The number of benzene rings is 2. The third-order valence-corrected chi connectivity index (χ3v) is 4.46. The quantitative estimate of drug-likeness (QED) is 0.654. The summed E-state index contributed by atoms with van der Waals surface area (Å²) in [4.78, 5) is 4.70. The fraction of sp³-hybridized carbons (Fsp3) is 0.235. The van der Waals surface area contributed by atoms with E-state index in [0.717, 1.165) is 35.3 Å². The van der Waals surface area contributed by atoms with Gasteiger partial charge in [-0.15, -0.1) is 0 Å². The van der Waals surface area contributed by atoms with Crippen LogP contribution < -0.4 is 0 Å². The first-order valence-corrected chi connectivity index (χ1v) is 7.87. The maximum absolute atomic E-state index is 13.7. The van der Waals surface area contributed by atoms with Crippen molar-refractivity contribution in [1.29, 1.82) is 0 Å². The topological polar surface area (TPSA) is 17.8 Å². The van der Waals surface area contributed by atoms with Crippen LogP contribution in [0.25, 0.3) is 11.0 Å². The van der Waals surface area contributed by atoms with Gasteiger partial charge >= 0.3 is 0 Å². The average Bonchev–Trinajstić information content (AvgIpc) is 2.82. The van der Waals surface area contributed by atoms with Gasteiger partial charge in [0.25, 0.3) is 0 Å². The summed E-state index contributed by atoms with van der Waals surface area (Å²) in [5.41, 5.74) is 3.01. The average molecular weight is 347 g/mol. The van der Waals surface area contributed by atoms with Gasteiger partial charge in [-0.2, -0.15) is 0 Å². The number of para-hydroxylation sites is 2. The minimum atomic E-state index is -0.228. The molecule has 0 atom stereocenters. The van der Waals surface area contributed by atoms with Gasteiger partial charge in [-0.1, -0.05) is 31.2 Å². The highest BCUT2D eigenvalue weighted by molar-refractivity contribution is 9.10. The summed E-state index contributed by atoms with van der Waals surface area (Å²) >= 11 is 3.34. The molecule has 0 spiro atoms. The fourth-order valence-electron chi connectivity index (χ4n) is 2.56. The van der Waals surface area contributed by atoms with Crippen LogP contribution in [-0.2, 0) is 13.0 Å². The molecule has 0 saturated heterocycles. The Balaban J connectivity index is 2.10. The summed E-state index contributed by atoms with van der Waals surface area (Å²) in [5.74, 6) is 0.823. The molecule has 21 heavy (non-hydrogen) atoms. The van der Waals surface area contributed by atoms with Crippen LogP contribution in [0.15, 0.2) is 46.9 Å². The second-order valence-electron chi connectivity index (χ2n) is 5.07. The molecule has 0 aliphatic heterocycles. The number of hydrogen-bond donors (Lipinski definition) is 0. The molecule has 2 aromatic carbocycles. The van der Waals surface area contributed by atoms with Crippen LogP contribution in [0.2, 0.25) is 0 Å². The van der Waals surface area contributed by atoms with Crippen molar-refractivity contribution < 1.29 is 4.39 Å². The van der Waals surface area contributed by atoms with Crippen LogP contribution in [0.1, 0.15) is 24.7 Å². The third kappa shape index (κ3) is 2.72. The Hall–Kier alpha value is -1.68. The van der Waals surface area contributed by atoms with Gasteiger partial charge in [0.1, 0.15) is 11.6 Å². The maximum atomic E-state index is 13.7. The lowest BCUT2D eigenvalue weighted by molar-refractivity contribution is 0.615. The lowest BCUT2D eigenvalue weighted by Crippen LogP contribution is -2.06. The molecule has 0 aliphatic rings. The first kappa shape index (κ1) is 14.3. The molecule has 1 aromatic heterocycles. The second-order valence-corrected chi connectivity index (χ2v) is 5.86. The predicted octanol–water partition coefficient (Wildman–Crippen LogP) is 4.94. The number of aromatic nitrogens is 2. The van der Waals surface area contributed by atoms with E-state index in [1.54, 1.807) is 6.07 Å². The molecule has 3 aromatic rings. The minimum absolute atomic E-state index is 0.228. The highest BCUT2D eigenvalue weighted by atomic mass is 79.9. The zero-order chi connectivity index (χ0) is 14.8. The summed E-state index contributed by atoms with van der Waals surface area (Å²) < 4.78 is 16.4. The van der Waals surface area contributed by atoms with Gasteiger partial charge in [-0.05, 0) is 46.1 Å². The number of halogens is 2. The molecule has 108 valence electrons. The fourth-order valence-corrected chi connectivity index (χ4v) is 2.95. The SMILES string of the molecule is CCCc1nc2ccccc2n1Cc1cccc(F)c1Br. The van der Waals surface area contributed by atoms with Crippen LogP contribution in [0.5, 0.6) is 0 Å². The van der Waals surface area contributed by atoms with Crippen LogP contribution in [0.3, 0.4) is 0 Å². The summed E-state index contributed by atoms with van der Waals surface area (Å²) in [6.07, 6.45) is 1.95. The van der Waals surface area contributed by atoms with Crippen LogP contribution in [0.4, 0.5) is 4.39 Å². The van der Waals surface area contributed by atoms with Gasteiger partial charge < -0.3 is 4.57 Å². The van der Waals surface area contributed by atoms with Crippen molar-refractivity contribution in [3.05, 3.63) is 64.1 Å². The molecular formula is C17H16BrFN2. The van der Waals surface area contributed by atoms with Gasteiger partial charge in [0, 0.05) is 6.42 Å². The van der Waals surface area contributed by atoms with Gasteiger partial charge in [0.15, 0.2) is 0 Å². The molecule has 0 N–H and O–H groups in total. The molecule has 0 unspecified atom stereocenters. The normalized spacial score (nSPS) is 11.2. The first-order valence-electron chi connectivity index (χ1n) is 7.07.